The summed E-state index contributed by atoms with van der Waals surface area (Å²) in [5.74, 6) is 0. The Labute approximate surface area is 99.9 Å². The zero-order chi connectivity index (χ0) is 10.7. The summed E-state index contributed by atoms with van der Waals surface area (Å²) in [5.41, 5.74) is 0.840. The van der Waals surface area contributed by atoms with E-state index in [9.17, 15) is 4.55 Å². The fourth-order valence-electron chi connectivity index (χ4n) is 0.788. The maximum atomic E-state index is 11.4. The molecule has 2 nitrogen and oxygen atoms in total. The van der Waals surface area contributed by atoms with Crippen LogP contribution in [0, 0.1) is 0 Å². The summed E-state index contributed by atoms with van der Waals surface area (Å²) in [5, 5.41) is 2.07. The van der Waals surface area contributed by atoms with Crippen molar-refractivity contribution < 1.29 is 4.55 Å². The SMILES string of the molecule is CC(=N[S+]([O-])C(C)C)c1cc(Br)cs1. The second-order valence-corrected chi connectivity index (χ2v) is 6.64. The van der Waals surface area contributed by atoms with Crippen LogP contribution in [0.3, 0.4) is 0 Å². The highest BCUT2D eigenvalue weighted by molar-refractivity contribution is 9.10. The van der Waals surface area contributed by atoms with E-state index in [-0.39, 0.29) is 5.25 Å². The first-order chi connectivity index (χ1) is 6.50. The van der Waals surface area contributed by atoms with E-state index in [0.29, 0.717) is 0 Å². The minimum absolute atomic E-state index is 0.0772. The largest absolute Gasteiger partial charge is 0.591 e. The summed E-state index contributed by atoms with van der Waals surface area (Å²) in [4.78, 5) is 1.06. The number of nitrogens with zero attached hydrogens (tertiary/aromatic N) is 1. The van der Waals surface area contributed by atoms with Crippen molar-refractivity contribution >= 4 is 44.3 Å². The van der Waals surface area contributed by atoms with Crippen LogP contribution < -0.4 is 0 Å². The van der Waals surface area contributed by atoms with Gasteiger partial charge in [-0.25, -0.2) is 0 Å². The molecule has 0 saturated carbocycles. The van der Waals surface area contributed by atoms with Crippen LogP contribution in [0.15, 0.2) is 20.3 Å². The molecular formula is C9H12BrNOS2. The van der Waals surface area contributed by atoms with Gasteiger partial charge in [0.2, 0.25) is 0 Å². The molecule has 0 bridgehead atoms. The molecule has 0 spiro atoms. The fraction of sp³-hybridized carbons (Fsp3) is 0.444. The number of thiophene rings is 1. The molecule has 1 atom stereocenters. The van der Waals surface area contributed by atoms with Gasteiger partial charge in [-0.3, -0.25) is 0 Å². The van der Waals surface area contributed by atoms with Crippen LogP contribution in [0.2, 0.25) is 0 Å². The average Bonchev–Trinajstić information content (AvgIpc) is 2.51. The van der Waals surface area contributed by atoms with Gasteiger partial charge < -0.3 is 4.55 Å². The van der Waals surface area contributed by atoms with Gasteiger partial charge in [-0.2, -0.15) is 0 Å². The smallest absolute Gasteiger partial charge is 0.137 e. The van der Waals surface area contributed by atoms with E-state index in [1.807, 2.05) is 32.2 Å². The fourth-order valence-corrected chi connectivity index (χ4v) is 2.80. The molecule has 1 rings (SSSR count). The number of halogens is 1. The lowest BCUT2D eigenvalue weighted by atomic mass is 10.3. The van der Waals surface area contributed by atoms with E-state index in [2.05, 4.69) is 20.3 Å². The predicted octanol–water partition coefficient (Wildman–Crippen LogP) is 3.39. The van der Waals surface area contributed by atoms with Crippen LogP contribution in [0.25, 0.3) is 0 Å². The molecule has 0 aliphatic rings. The standard InChI is InChI=1S/C9H12BrNOS2/c1-6(2)14(12)11-7(3)9-4-8(10)5-13-9/h4-6H,1-3H3. The normalized spacial score (nSPS) is 14.9. The Bertz CT molecular complexity index is 335. The second kappa shape index (κ2) is 5.30. The Kier molecular flexibility index (Phi) is 4.63. The lowest BCUT2D eigenvalue weighted by molar-refractivity contribution is 0.588. The van der Waals surface area contributed by atoms with E-state index in [1.165, 1.54) is 0 Å². The van der Waals surface area contributed by atoms with E-state index >= 15 is 0 Å². The van der Waals surface area contributed by atoms with Gasteiger partial charge in [0.05, 0.1) is 16.2 Å². The van der Waals surface area contributed by atoms with Gasteiger partial charge in [0.15, 0.2) is 0 Å². The first kappa shape index (κ1) is 12.2. The van der Waals surface area contributed by atoms with E-state index < -0.39 is 11.4 Å². The van der Waals surface area contributed by atoms with Gasteiger partial charge in [-0.1, -0.05) is 4.40 Å². The topological polar surface area (TPSA) is 35.4 Å². The van der Waals surface area contributed by atoms with Crippen molar-refractivity contribution in [3.63, 3.8) is 0 Å². The lowest BCUT2D eigenvalue weighted by Crippen LogP contribution is -2.12. The van der Waals surface area contributed by atoms with Crippen LogP contribution in [0.5, 0.6) is 0 Å². The highest BCUT2D eigenvalue weighted by Crippen LogP contribution is 2.21. The molecule has 5 heteroatoms. The minimum atomic E-state index is -1.11. The molecule has 0 fully saturated rings. The number of hydrogen-bond acceptors (Lipinski definition) is 3. The Hall–Kier alpha value is 0.160. The third-order valence-electron chi connectivity index (χ3n) is 1.55. The maximum absolute atomic E-state index is 11.4. The Morgan fingerprint density at radius 3 is 2.71 bits per heavy atom. The van der Waals surface area contributed by atoms with Crippen LogP contribution in [0.1, 0.15) is 25.6 Å². The molecule has 1 aromatic rings. The predicted molar refractivity (Wildman–Crippen MR) is 67.5 cm³/mol. The molecule has 78 valence electrons. The van der Waals surface area contributed by atoms with Crippen molar-refractivity contribution in [2.75, 3.05) is 0 Å². The highest BCUT2D eigenvalue weighted by atomic mass is 79.9. The average molecular weight is 294 g/mol. The van der Waals surface area contributed by atoms with Crippen molar-refractivity contribution in [1.29, 1.82) is 0 Å². The van der Waals surface area contributed by atoms with Crippen LogP contribution in [-0.2, 0) is 11.4 Å². The molecule has 0 radical (unpaired) electrons. The Morgan fingerprint density at radius 2 is 2.29 bits per heavy atom. The number of hydrogen-bond donors (Lipinski definition) is 0. The van der Waals surface area contributed by atoms with Crippen molar-refractivity contribution in [3.05, 3.63) is 20.8 Å². The zero-order valence-electron chi connectivity index (χ0n) is 8.28. The van der Waals surface area contributed by atoms with Gasteiger partial charge in [0, 0.05) is 9.85 Å². The molecule has 1 aromatic heterocycles. The van der Waals surface area contributed by atoms with Gasteiger partial charge in [0.25, 0.3) is 0 Å². The molecule has 1 heterocycles. The van der Waals surface area contributed by atoms with Crippen molar-refractivity contribution in [2.45, 2.75) is 26.0 Å². The molecule has 0 aromatic carbocycles. The van der Waals surface area contributed by atoms with Crippen LogP contribution >= 0.6 is 27.3 Å². The molecule has 1 unspecified atom stereocenters. The van der Waals surface area contributed by atoms with E-state index in [1.54, 1.807) is 11.3 Å². The molecule has 0 aliphatic heterocycles. The summed E-state index contributed by atoms with van der Waals surface area (Å²) < 4.78 is 16.6. The van der Waals surface area contributed by atoms with Crippen molar-refractivity contribution in [3.8, 4) is 0 Å². The van der Waals surface area contributed by atoms with Crippen LogP contribution in [0.4, 0.5) is 0 Å². The quantitative estimate of drug-likeness (QED) is 0.621. The van der Waals surface area contributed by atoms with E-state index in [4.69, 9.17) is 0 Å². The Balaban J connectivity index is 2.79. The first-order valence-electron chi connectivity index (χ1n) is 4.21. The summed E-state index contributed by atoms with van der Waals surface area (Å²) in [7, 11) is 0. The third kappa shape index (κ3) is 3.38. The maximum Gasteiger partial charge on any atom is 0.137 e. The molecule has 0 aliphatic carbocycles. The number of rotatable bonds is 3. The highest BCUT2D eigenvalue weighted by Gasteiger charge is 2.12. The third-order valence-corrected chi connectivity index (χ3v) is 4.61. The van der Waals surface area contributed by atoms with Crippen LogP contribution in [-0.4, -0.2) is 15.5 Å². The molecule has 14 heavy (non-hydrogen) atoms. The van der Waals surface area contributed by atoms with Gasteiger partial charge in [-0.15, -0.1) is 11.3 Å². The summed E-state index contributed by atoms with van der Waals surface area (Å²) in [6.45, 7) is 5.69. The summed E-state index contributed by atoms with van der Waals surface area (Å²) >= 11 is 3.86. The first-order valence-corrected chi connectivity index (χ1v) is 7.05. The molecule has 0 amide bonds. The van der Waals surface area contributed by atoms with Gasteiger partial charge in [-0.05, 0) is 42.8 Å². The van der Waals surface area contributed by atoms with Gasteiger partial charge >= 0.3 is 0 Å². The monoisotopic (exact) mass is 293 g/mol. The zero-order valence-corrected chi connectivity index (χ0v) is 11.5. The molecule has 0 saturated heterocycles. The van der Waals surface area contributed by atoms with Gasteiger partial charge in [0.1, 0.15) is 11.0 Å². The molecule has 0 N–H and O–H groups in total. The lowest BCUT2D eigenvalue weighted by Gasteiger charge is -2.07. The minimum Gasteiger partial charge on any atom is -0.591 e. The van der Waals surface area contributed by atoms with Crippen molar-refractivity contribution in [2.24, 2.45) is 4.40 Å². The summed E-state index contributed by atoms with van der Waals surface area (Å²) in [6, 6.07) is 1.99. The van der Waals surface area contributed by atoms with Crippen molar-refractivity contribution in [1.82, 2.24) is 0 Å². The summed E-state index contributed by atoms with van der Waals surface area (Å²) in [6.07, 6.45) is 0. The Morgan fingerprint density at radius 1 is 1.64 bits per heavy atom. The molecular weight excluding hydrogens is 282 g/mol. The van der Waals surface area contributed by atoms with E-state index in [0.717, 1.165) is 15.1 Å². The second-order valence-electron chi connectivity index (χ2n) is 3.13.